The van der Waals surface area contributed by atoms with E-state index in [-0.39, 0.29) is 24.0 Å². The second-order valence-electron chi connectivity index (χ2n) is 7.77. The molecular weight excluding hydrogens is 298 g/mol. The highest BCUT2D eigenvalue weighted by molar-refractivity contribution is 5.79. The summed E-state index contributed by atoms with van der Waals surface area (Å²) in [5, 5.41) is 12.8. The van der Waals surface area contributed by atoms with E-state index in [0.717, 1.165) is 44.9 Å². The molecule has 2 atom stereocenters. The standard InChI is InChI=1S/C21H31NO2/c23-20-13-11-19(12-14-20)22-21(24)18-8-4-7-17(15-18)10-9-16-5-2-1-3-6-16/h1-3,5-6,17-20,23H,4,7-15H2,(H,22,24)/t17-,18-,19?,20?/m1/s1. The number of carbonyl (C=O) groups excluding carboxylic acids is 1. The molecule has 24 heavy (non-hydrogen) atoms. The van der Waals surface area contributed by atoms with E-state index in [2.05, 4.69) is 35.6 Å². The zero-order chi connectivity index (χ0) is 16.8. The van der Waals surface area contributed by atoms with Crippen LogP contribution in [0.15, 0.2) is 30.3 Å². The van der Waals surface area contributed by atoms with Crippen molar-refractivity contribution >= 4 is 5.91 Å². The SMILES string of the molecule is O=C(NC1CCC(O)CC1)[C@@H]1CCC[C@H](CCc2ccccc2)C1. The Hall–Kier alpha value is -1.35. The topological polar surface area (TPSA) is 49.3 Å². The largest absolute Gasteiger partial charge is 0.393 e. The van der Waals surface area contributed by atoms with Crippen LogP contribution in [0.25, 0.3) is 0 Å². The molecule has 0 aliphatic heterocycles. The van der Waals surface area contributed by atoms with Crippen molar-refractivity contribution in [2.45, 2.75) is 76.4 Å². The molecule has 2 saturated carbocycles. The van der Waals surface area contributed by atoms with Crippen LogP contribution in [0.1, 0.15) is 63.4 Å². The Bertz CT molecular complexity index is 508. The van der Waals surface area contributed by atoms with Crippen LogP contribution in [-0.2, 0) is 11.2 Å². The van der Waals surface area contributed by atoms with Gasteiger partial charge in [-0.05, 0) is 62.8 Å². The molecule has 0 aromatic heterocycles. The van der Waals surface area contributed by atoms with Crippen molar-refractivity contribution in [1.82, 2.24) is 5.32 Å². The van der Waals surface area contributed by atoms with Crippen LogP contribution in [0.5, 0.6) is 0 Å². The number of amides is 1. The van der Waals surface area contributed by atoms with Gasteiger partial charge in [0.25, 0.3) is 0 Å². The minimum Gasteiger partial charge on any atom is -0.393 e. The first kappa shape index (κ1) is 17.5. The molecule has 1 amide bonds. The lowest BCUT2D eigenvalue weighted by atomic mass is 9.78. The normalized spacial score (nSPS) is 30.7. The second-order valence-corrected chi connectivity index (χ2v) is 7.77. The summed E-state index contributed by atoms with van der Waals surface area (Å²) in [6.07, 6.45) is 10.2. The van der Waals surface area contributed by atoms with E-state index in [1.165, 1.54) is 24.8 Å². The lowest BCUT2D eigenvalue weighted by Gasteiger charge is -2.31. The number of hydrogen-bond acceptors (Lipinski definition) is 2. The van der Waals surface area contributed by atoms with Gasteiger partial charge < -0.3 is 10.4 Å². The number of aryl methyl sites for hydroxylation is 1. The van der Waals surface area contributed by atoms with Crippen molar-refractivity contribution in [3.05, 3.63) is 35.9 Å². The van der Waals surface area contributed by atoms with E-state index < -0.39 is 0 Å². The molecule has 0 bridgehead atoms. The predicted molar refractivity (Wildman–Crippen MR) is 96.6 cm³/mol. The van der Waals surface area contributed by atoms with Gasteiger partial charge in [-0.1, -0.05) is 43.2 Å². The third kappa shape index (κ3) is 5.07. The predicted octanol–water partition coefficient (Wildman–Crippen LogP) is 3.85. The maximum absolute atomic E-state index is 12.6. The van der Waals surface area contributed by atoms with E-state index in [0.29, 0.717) is 5.92 Å². The molecule has 2 aliphatic rings. The summed E-state index contributed by atoms with van der Waals surface area (Å²) in [6, 6.07) is 11.0. The average Bonchev–Trinajstić information content (AvgIpc) is 2.63. The lowest BCUT2D eigenvalue weighted by molar-refractivity contribution is -0.127. The average molecular weight is 329 g/mol. The molecule has 0 unspecified atom stereocenters. The summed E-state index contributed by atoms with van der Waals surface area (Å²) in [5.74, 6) is 1.15. The van der Waals surface area contributed by atoms with Crippen LogP contribution >= 0.6 is 0 Å². The van der Waals surface area contributed by atoms with Gasteiger partial charge in [-0.3, -0.25) is 4.79 Å². The molecule has 3 rings (SSSR count). The number of benzene rings is 1. The van der Waals surface area contributed by atoms with E-state index in [4.69, 9.17) is 0 Å². The van der Waals surface area contributed by atoms with Crippen molar-refractivity contribution in [3.8, 4) is 0 Å². The number of carbonyl (C=O) groups is 1. The quantitative estimate of drug-likeness (QED) is 0.862. The lowest BCUT2D eigenvalue weighted by Crippen LogP contribution is -2.42. The minimum atomic E-state index is -0.157. The van der Waals surface area contributed by atoms with Gasteiger partial charge in [-0.2, -0.15) is 0 Å². The summed E-state index contributed by atoms with van der Waals surface area (Å²) >= 11 is 0. The van der Waals surface area contributed by atoms with Crippen LogP contribution in [0.4, 0.5) is 0 Å². The van der Waals surface area contributed by atoms with Crippen molar-refractivity contribution in [3.63, 3.8) is 0 Å². The molecule has 0 radical (unpaired) electrons. The first-order chi connectivity index (χ1) is 11.7. The fourth-order valence-electron chi connectivity index (χ4n) is 4.35. The Labute approximate surface area is 145 Å². The fraction of sp³-hybridized carbons (Fsp3) is 0.667. The molecule has 2 N–H and O–H groups in total. The number of nitrogens with one attached hydrogen (secondary N) is 1. The van der Waals surface area contributed by atoms with Crippen molar-refractivity contribution < 1.29 is 9.90 Å². The van der Waals surface area contributed by atoms with Crippen LogP contribution in [0, 0.1) is 11.8 Å². The van der Waals surface area contributed by atoms with E-state index in [9.17, 15) is 9.90 Å². The summed E-state index contributed by atoms with van der Waals surface area (Å²) < 4.78 is 0. The molecule has 2 fully saturated rings. The molecule has 132 valence electrons. The zero-order valence-corrected chi connectivity index (χ0v) is 14.6. The Morgan fingerprint density at radius 2 is 1.79 bits per heavy atom. The maximum atomic E-state index is 12.6. The Kier molecular flexibility index (Phi) is 6.30. The second kappa shape index (κ2) is 8.66. The third-order valence-electron chi connectivity index (χ3n) is 5.88. The summed E-state index contributed by atoms with van der Waals surface area (Å²) in [7, 11) is 0. The first-order valence-electron chi connectivity index (χ1n) is 9.73. The highest BCUT2D eigenvalue weighted by Gasteiger charge is 2.29. The minimum absolute atomic E-state index is 0.157. The molecule has 3 nitrogen and oxygen atoms in total. The van der Waals surface area contributed by atoms with Crippen LogP contribution in [-0.4, -0.2) is 23.2 Å². The molecule has 0 spiro atoms. The molecule has 3 heteroatoms. The first-order valence-corrected chi connectivity index (χ1v) is 9.73. The van der Waals surface area contributed by atoms with E-state index in [1.807, 2.05) is 0 Å². The van der Waals surface area contributed by atoms with E-state index >= 15 is 0 Å². The molecular formula is C21H31NO2. The van der Waals surface area contributed by atoms with Gasteiger partial charge in [-0.15, -0.1) is 0 Å². The maximum Gasteiger partial charge on any atom is 0.223 e. The van der Waals surface area contributed by atoms with Crippen molar-refractivity contribution in [1.29, 1.82) is 0 Å². The van der Waals surface area contributed by atoms with Crippen molar-refractivity contribution in [2.75, 3.05) is 0 Å². The third-order valence-corrected chi connectivity index (χ3v) is 5.88. The van der Waals surface area contributed by atoms with Crippen LogP contribution in [0.2, 0.25) is 0 Å². The van der Waals surface area contributed by atoms with Gasteiger partial charge in [0.2, 0.25) is 5.91 Å². The highest BCUT2D eigenvalue weighted by atomic mass is 16.3. The molecule has 2 aliphatic carbocycles. The molecule has 0 saturated heterocycles. The Morgan fingerprint density at radius 3 is 2.54 bits per heavy atom. The van der Waals surface area contributed by atoms with Gasteiger partial charge in [0.1, 0.15) is 0 Å². The van der Waals surface area contributed by atoms with Crippen LogP contribution < -0.4 is 5.32 Å². The smallest absolute Gasteiger partial charge is 0.223 e. The molecule has 1 aromatic rings. The number of rotatable bonds is 5. The van der Waals surface area contributed by atoms with Gasteiger partial charge in [0.05, 0.1) is 6.10 Å². The van der Waals surface area contributed by atoms with E-state index in [1.54, 1.807) is 0 Å². The zero-order valence-electron chi connectivity index (χ0n) is 14.6. The number of aliphatic hydroxyl groups is 1. The fourth-order valence-corrected chi connectivity index (χ4v) is 4.35. The summed E-state index contributed by atoms with van der Waals surface area (Å²) in [5.41, 5.74) is 1.41. The Morgan fingerprint density at radius 1 is 1.04 bits per heavy atom. The number of aliphatic hydroxyl groups excluding tert-OH is 1. The summed E-state index contributed by atoms with van der Waals surface area (Å²) in [4.78, 5) is 12.6. The van der Waals surface area contributed by atoms with Gasteiger partial charge in [-0.25, -0.2) is 0 Å². The van der Waals surface area contributed by atoms with Crippen molar-refractivity contribution in [2.24, 2.45) is 11.8 Å². The van der Waals surface area contributed by atoms with Gasteiger partial charge in [0.15, 0.2) is 0 Å². The monoisotopic (exact) mass is 329 g/mol. The highest BCUT2D eigenvalue weighted by Crippen LogP contribution is 2.32. The Balaban J connectivity index is 1.43. The molecule has 0 heterocycles. The van der Waals surface area contributed by atoms with Gasteiger partial charge in [0, 0.05) is 12.0 Å². The van der Waals surface area contributed by atoms with Crippen LogP contribution in [0.3, 0.4) is 0 Å². The summed E-state index contributed by atoms with van der Waals surface area (Å²) in [6.45, 7) is 0. The van der Waals surface area contributed by atoms with Gasteiger partial charge >= 0.3 is 0 Å². The molecule has 1 aromatic carbocycles. The number of hydrogen-bond donors (Lipinski definition) is 2.